The maximum atomic E-state index is 13.1. The van der Waals surface area contributed by atoms with E-state index in [0.29, 0.717) is 35.9 Å². The number of nitrogens with zero attached hydrogens (tertiary/aromatic N) is 2. The molecule has 0 aliphatic carbocycles. The summed E-state index contributed by atoms with van der Waals surface area (Å²) in [4.78, 5) is 39.7. The van der Waals surface area contributed by atoms with E-state index in [1.165, 1.54) is 43.3 Å². The van der Waals surface area contributed by atoms with E-state index in [4.69, 9.17) is 0 Å². The van der Waals surface area contributed by atoms with Gasteiger partial charge in [0, 0.05) is 28.7 Å². The summed E-state index contributed by atoms with van der Waals surface area (Å²) in [5.74, 6) is -0.709. The number of quaternary nitrogens is 1. The summed E-state index contributed by atoms with van der Waals surface area (Å²) in [5.41, 5.74) is 1.73. The van der Waals surface area contributed by atoms with Gasteiger partial charge in [-0.3, -0.25) is 19.7 Å². The summed E-state index contributed by atoms with van der Waals surface area (Å²) in [6.07, 6.45) is 6.89. The Morgan fingerprint density at radius 3 is 2.32 bits per heavy atom. The molecule has 6 nitrogen and oxygen atoms in total. The standard InChI is InChI=1S/C29H45N3O3S.ClH/c1-7-32(20(2)3,21(4)5)18-11-9-8-10-13-22(6)36-26-15-12-14-23-24(26)19-31(29(23)35)25-16-17-27(33)30-28(25)34;/h12,14-15,20-22,25H,7-11,13,16-19H2,1-6H3;1H. The van der Waals surface area contributed by atoms with Gasteiger partial charge in [0.25, 0.3) is 5.91 Å². The molecule has 2 atom stereocenters. The number of carbonyl (C=O) groups is 3. The molecule has 0 aromatic heterocycles. The van der Waals surface area contributed by atoms with Crippen molar-refractivity contribution >= 4 is 29.5 Å². The normalized spacial score (nSPS) is 18.8. The van der Waals surface area contributed by atoms with Gasteiger partial charge in [0.15, 0.2) is 0 Å². The lowest BCUT2D eigenvalue weighted by Crippen LogP contribution is -3.00. The zero-order valence-electron chi connectivity index (χ0n) is 23.5. The van der Waals surface area contributed by atoms with Gasteiger partial charge in [-0.1, -0.05) is 25.8 Å². The van der Waals surface area contributed by atoms with Crippen LogP contribution in [0.4, 0.5) is 0 Å². The second-order valence-electron chi connectivity index (χ2n) is 11.1. The molecule has 1 aromatic carbocycles. The Labute approximate surface area is 234 Å². The topological polar surface area (TPSA) is 66.5 Å². The monoisotopic (exact) mass is 551 g/mol. The van der Waals surface area contributed by atoms with E-state index < -0.39 is 6.04 Å². The molecule has 3 amide bonds. The summed E-state index contributed by atoms with van der Waals surface area (Å²) < 4.78 is 1.21. The highest BCUT2D eigenvalue weighted by Crippen LogP contribution is 2.37. The fraction of sp³-hybridized carbons (Fsp3) is 0.690. The summed E-state index contributed by atoms with van der Waals surface area (Å²) in [5, 5.41) is 2.85. The van der Waals surface area contributed by atoms with Gasteiger partial charge in [0.2, 0.25) is 11.8 Å². The van der Waals surface area contributed by atoms with Crippen LogP contribution in [0.2, 0.25) is 0 Å². The van der Waals surface area contributed by atoms with Crippen LogP contribution in [0.1, 0.15) is 102 Å². The van der Waals surface area contributed by atoms with Crippen molar-refractivity contribution in [1.29, 1.82) is 0 Å². The minimum Gasteiger partial charge on any atom is -1.00 e. The zero-order valence-corrected chi connectivity index (χ0v) is 25.1. The molecule has 2 unspecified atom stereocenters. The number of piperidine rings is 1. The van der Waals surface area contributed by atoms with Crippen molar-refractivity contribution in [2.45, 2.75) is 121 Å². The fourth-order valence-corrected chi connectivity index (χ4v) is 7.33. The summed E-state index contributed by atoms with van der Waals surface area (Å²) in [6.45, 7) is 17.0. The fourth-order valence-electron chi connectivity index (χ4n) is 6.14. The number of hydrogen-bond donors (Lipinski definition) is 1. The highest BCUT2D eigenvalue weighted by molar-refractivity contribution is 8.00. The van der Waals surface area contributed by atoms with E-state index in [9.17, 15) is 14.4 Å². The zero-order chi connectivity index (χ0) is 26.5. The highest BCUT2D eigenvalue weighted by atomic mass is 35.5. The van der Waals surface area contributed by atoms with Gasteiger partial charge in [-0.25, -0.2) is 0 Å². The summed E-state index contributed by atoms with van der Waals surface area (Å²) >= 11 is 1.84. The Bertz CT molecular complexity index is 944. The number of fused-ring (bicyclic) bond motifs is 1. The second kappa shape index (κ2) is 14.0. The lowest BCUT2D eigenvalue weighted by molar-refractivity contribution is -0.965. The van der Waals surface area contributed by atoms with Gasteiger partial charge in [0.05, 0.1) is 25.2 Å². The molecule has 0 bridgehead atoms. The average molecular weight is 552 g/mol. The number of carbonyl (C=O) groups excluding carboxylic acids is 3. The summed E-state index contributed by atoms with van der Waals surface area (Å²) in [6, 6.07) is 6.67. The molecule has 2 heterocycles. The second-order valence-corrected chi connectivity index (χ2v) is 12.6. The Kier molecular flexibility index (Phi) is 12.0. The molecular weight excluding hydrogens is 506 g/mol. The number of rotatable bonds is 13. The number of hydrogen-bond acceptors (Lipinski definition) is 4. The maximum absolute atomic E-state index is 13.1. The Morgan fingerprint density at radius 1 is 1.03 bits per heavy atom. The van der Waals surface area contributed by atoms with E-state index in [1.807, 2.05) is 23.9 Å². The molecule has 1 aromatic rings. The van der Waals surface area contributed by atoms with Crippen molar-refractivity contribution in [3.8, 4) is 0 Å². The van der Waals surface area contributed by atoms with Crippen LogP contribution in [0.15, 0.2) is 23.1 Å². The number of benzene rings is 1. The van der Waals surface area contributed by atoms with E-state index in [1.54, 1.807) is 4.90 Å². The highest BCUT2D eigenvalue weighted by Gasteiger charge is 2.40. The maximum Gasteiger partial charge on any atom is 0.255 e. The Balaban J connectivity index is 0.00000481. The molecule has 0 radical (unpaired) electrons. The van der Waals surface area contributed by atoms with Crippen LogP contribution in [-0.4, -0.2) is 63.6 Å². The van der Waals surface area contributed by atoms with Gasteiger partial charge in [0.1, 0.15) is 6.04 Å². The van der Waals surface area contributed by atoms with Crippen LogP contribution in [-0.2, 0) is 16.1 Å². The Hall–Kier alpha value is -1.57. The van der Waals surface area contributed by atoms with Gasteiger partial charge in [-0.15, -0.1) is 11.8 Å². The van der Waals surface area contributed by atoms with Crippen molar-refractivity contribution in [3.63, 3.8) is 0 Å². The van der Waals surface area contributed by atoms with Crippen LogP contribution < -0.4 is 17.7 Å². The van der Waals surface area contributed by atoms with Crippen LogP contribution in [0, 0.1) is 0 Å². The van der Waals surface area contributed by atoms with E-state index in [0.717, 1.165) is 16.9 Å². The third-order valence-corrected chi connectivity index (χ3v) is 9.72. The molecule has 1 N–H and O–H groups in total. The number of thioether (sulfide) groups is 1. The van der Waals surface area contributed by atoms with Crippen molar-refractivity contribution in [1.82, 2.24) is 10.2 Å². The quantitative estimate of drug-likeness (QED) is 0.177. The first-order valence-electron chi connectivity index (χ1n) is 13.9. The first-order chi connectivity index (χ1) is 17.1. The first-order valence-corrected chi connectivity index (χ1v) is 14.8. The molecule has 2 aliphatic heterocycles. The number of nitrogens with one attached hydrogen (secondary N) is 1. The molecule has 3 rings (SSSR count). The number of imide groups is 1. The third kappa shape index (κ3) is 7.30. The van der Waals surface area contributed by atoms with Crippen molar-refractivity contribution in [3.05, 3.63) is 29.3 Å². The van der Waals surface area contributed by atoms with Crippen LogP contribution in [0.5, 0.6) is 0 Å². The molecular formula is C29H46ClN3O3S. The molecule has 0 saturated carbocycles. The van der Waals surface area contributed by atoms with Crippen molar-refractivity contribution < 1.29 is 31.3 Å². The number of amides is 3. The SMILES string of the molecule is CC[N+](CCCCCCC(C)Sc1cccc2c1CN(C1CCC(=O)NC1=O)C2=O)(C(C)C)C(C)C.[Cl-]. The molecule has 1 fully saturated rings. The molecule has 37 heavy (non-hydrogen) atoms. The van der Waals surface area contributed by atoms with Gasteiger partial charge in [-0.05, 0) is 78.0 Å². The lowest BCUT2D eigenvalue weighted by atomic mass is 10.0. The third-order valence-electron chi connectivity index (χ3n) is 8.45. The largest absolute Gasteiger partial charge is 1.00 e. The van der Waals surface area contributed by atoms with Crippen LogP contribution in [0.25, 0.3) is 0 Å². The summed E-state index contributed by atoms with van der Waals surface area (Å²) in [7, 11) is 0. The number of unbranched alkanes of at least 4 members (excludes halogenated alkanes) is 3. The average Bonchev–Trinajstić information content (AvgIpc) is 3.15. The van der Waals surface area contributed by atoms with Gasteiger partial charge < -0.3 is 21.8 Å². The van der Waals surface area contributed by atoms with Gasteiger partial charge in [-0.2, -0.15) is 0 Å². The minimum atomic E-state index is -0.561. The molecule has 2 aliphatic rings. The van der Waals surface area contributed by atoms with E-state index in [-0.39, 0.29) is 36.5 Å². The van der Waals surface area contributed by atoms with Crippen molar-refractivity contribution in [2.24, 2.45) is 0 Å². The minimum absolute atomic E-state index is 0. The Morgan fingerprint density at radius 2 is 1.70 bits per heavy atom. The first kappa shape index (κ1) is 31.6. The smallest absolute Gasteiger partial charge is 0.255 e. The van der Waals surface area contributed by atoms with E-state index >= 15 is 0 Å². The van der Waals surface area contributed by atoms with Crippen molar-refractivity contribution in [2.75, 3.05) is 13.1 Å². The number of halogens is 1. The predicted octanol–water partition coefficient (Wildman–Crippen LogP) is 2.54. The van der Waals surface area contributed by atoms with E-state index in [2.05, 4.69) is 52.9 Å². The molecule has 1 saturated heterocycles. The van der Waals surface area contributed by atoms with Crippen LogP contribution in [0.3, 0.4) is 0 Å². The molecule has 8 heteroatoms. The molecule has 208 valence electrons. The predicted molar refractivity (Wildman–Crippen MR) is 147 cm³/mol. The van der Waals surface area contributed by atoms with Gasteiger partial charge >= 0.3 is 0 Å². The lowest BCUT2D eigenvalue weighted by Gasteiger charge is -2.45. The molecule has 0 spiro atoms. The van der Waals surface area contributed by atoms with Crippen LogP contribution >= 0.6 is 11.8 Å².